The molecule has 32 heavy (non-hydrogen) atoms. The Labute approximate surface area is 187 Å². The third-order valence-electron chi connectivity index (χ3n) is 4.61. The molecule has 0 aliphatic rings. The van der Waals surface area contributed by atoms with Gasteiger partial charge in [-0.25, -0.2) is 8.42 Å². The summed E-state index contributed by atoms with van der Waals surface area (Å²) in [4.78, 5) is 36.3. The van der Waals surface area contributed by atoms with Crippen LogP contribution in [-0.2, 0) is 19.6 Å². The zero-order chi connectivity index (χ0) is 23.7. The average molecular weight is 463 g/mol. The second kappa shape index (κ2) is 11.4. The van der Waals surface area contributed by atoms with E-state index in [1.165, 1.54) is 41.7 Å². The van der Waals surface area contributed by atoms with Crippen molar-refractivity contribution in [3.63, 3.8) is 0 Å². The quantitative estimate of drug-likeness (QED) is 0.400. The number of rotatable bonds is 11. The van der Waals surface area contributed by atoms with E-state index in [1.54, 1.807) is 32.0 Å². The van der Waals surface area contributed by atoms with E-state index in [2.05, 4.69) is 5.32 Å². The molecule has 0 aliphatic carbocycles. The van der Waals surface area contributed by atoms with Gasteiger partial charge in [0.25, 0.3) is 5.91 Å². The summed E-state index contributed by atoms with van der Waals surface area (Å²) in [6.07, 6.45) is 0. The summed E-state index contributed by atoms with van der Waals surface area (Å²) < 4.78 is 36.2. The maximum absolute atomic E-state index is 12.5. The molecule has 172 valence electrons. The molecule has 2 rings (SSSR count). The van der Waals surface area contributed by atoms with Crippen LogP contribution in [0.1, 0.15) is 34.6 Å². The van der Waals surface area contributed by atoms with Crippen molar-refractivity contribution in [2.24, 2.45) is 0 Å². The van der Waals surface area contributed by atoms with Crippen molar-refractivity contribution >= 4 is 27.7 Å². The first-order valence-corrected chi connectivity index (χ1v) is 11.4. The summed E-state index contributed by atoms with van der Waals surface area (Å²) >= 11 is 0. The second-order valence-corrected chi connectivity index (χ2v) is 8.55. The largest absolute Gasteiger partial charge is 0.497 e. The maximum Gasteiger partial charge on any atom is 0.325 e. The molecule has 0 bridgehead atoms. The van der Waals surface area contributed by atoms with Gasteiger partial charge in [-0.1, -0.05) is 26.0 Å². The first kappa shape index (κ1) is 25.0. The van der Waals surface area contributed by atoms with Gasteiger partial charge in [-0.15, -0.1) is 0 Å². The van der Waals surface area contributed by atoms with Gasteiger partial charge in [0.2, 0.25) is 10.0 Å². The lowest BCUT2D eigenvalue weighted by Crippen LogP contribution is -2.32. The zero-order valence-electron chi connectivity index (χ0n) is 18.2. The number of hydrogen-bond acceptors (Lipinski definition) is 7. The van der Waals surface area contributed by atoms with E-state index in [0.717, 1.165) is 0 Å². The van der Waals surface area contributed by atoms with Crippen LogP contribution in [0.5, 0.6) is 5.75 Å². The van der Waals surface area contributed by atoms with Gasteiger partial charge in [-0.2, -0.15) is 4.31 Å². The highest BCUT2D eigenvalue weighted by atomic mass is 32.2. The fourth-order valence-electron chi connectivity index (χ4n) is 2.82. The highest BCUT2D eigenvalue weighted by Gasteiger charge is 2.21. The number of Topliss-reactive ketones (excluding diaryl/α,β-unsaturated/α-hetero) is 1. The number of esters is 1. The first-order chi connectivity index (χ1) is 15.2. The molecule has 0 aliphatic heterocycles. The average Bonchev–Trinajstić information content (AvgIpc) is 2.81. The van der Waals surface area contributed by atoms with Crippen LogP contribution < -0.4 is 10.1 Å². The molecule has 0 aromatic heterocycles. The summed E-state index contributed by atoms with van der Waals surface area (Å²) in [5.41, 5.74) is 0.518. The Kier molecular flexibility index (Phi) is 8.91. The minimum Gasteiger partial charge on any atom is -0.497 e. The van der Waals surface area contributed by atoms with E-state index in [-0.39, 0.29) is 10.5 Å². The standard InChI is InChI=1S/C22H26N2O7S/c1-4-24(5-2)32(28,29)19-11-9-16(10-12-19)22(27)23-14-21(26)31-15-20(25)17-7-6-8-18(13-17)30-3/h6-13H,4-5,14-15H2,1-3H3,(H,23,27). The van der Waals surface area contributed by atoms with E-state index in [0.29, 0.717) is 24.4 Å². The van der Waals surface area contributed by atoms with Crippen molar-refractivity contribution in [3.8, 4) is 5.75 Å². The monoisotopic (exact) mass is 462 g/mol. The van der Waals surface area contributed by atoms with Crippen LogP contribution in [0.2, 0.25) is 0 Å². The summed E-state index contributed by atoms with van der Waals surface area (Å²) in [6, 6.07) is 11.8. The first-order valence-electron chi connectivity index (χ1n) is 9.94. The second-order valence-electron chi connectivity index (χ2n) is 6.61. The molecule has 1 N–H and O–H groups in total. The lowest BCUT2D eigenvalue weighted by atomic mass is 10.1. The van der Waals surface area contributed by atoms with Crippen LogP contribution in [0.4, 0.5) is 0 Å². The maximum atomic E-state index is 12.5. The van der Waals surface area contributed by atoms with Crippen molar-refractivity contribution in [1.82, 2.24) is 9.62 Å². The topological polar surface area (TPSA) is 119 Å². The molecule has 0 radical (unpaired) electrons. The highest BCUT2D eigenvalue weighted by molar-refractivity contribution is 7.89. The van der Waals surface area contributed by atoms with E-state index >= 15 is 0 Å². The molecule has 0 spiro atoms. The molecular formula is C22H26N2O7S. The Balaban J connectivity index is 1.88. The van der Waals surface area contributed by atoms with Crippen LogP contribution in [0.15, 0.2) is 53.4 Å². The van der Waals surface area contributed by atoms with Crippen molar-refractivity contribution < 1.29 is 32.3 Å². The van der Waals surface area contributed by atoms with Crippen molar-refractivity contribution in [3.05, 3.63) is 59.7 Å². The number of carbonyl (C=O) groups excluding carboxylic acids is 3. The fraction of sp³-hybridized carbons (Fsp3) is 0.318. The molecule has 0 saturated heterocycles. The van der Waals surface area contributed by atoms with Gasteiger partial charge in [0.1, 0.15) is 12.3 Å². The number of benzene rings is 2. The highest BCUT2D eigenvalue weighted by Crippen LogP contribution is 2.16. The number of ketones is 1. The van der Waals surface area contributed by atoms with Gasteiger partial charge in [-0.3, -0.25) is 14.4 Å². The SMILES string of the molecule is CCN(CC)S(=O)(=O)c1ccc(C(=O)NCC(=O)OCC(=O)c2cccc(OC)c2)cc1. The van der Waals surface area contributed by atoms with Gasteiger partial charge in [0.15, 0.2) is 12.4 Å². The molecule has 0 heterocycles. The number of hydrogen-bond donors (Lipinski definition) is 1. The summed E-state index contributed by atoms with van der Waals surface area (Å²) in [6.45, 7) is 3.24. The predicted molar refractivity (Wildman–Crippen MR) is 117 cm³/mol. The Morgan fingerprint density at radius 1 is 0.969 bits per heavy atom. The van der Waals surface area contributed by atoms with E-state index in [9.17, 15) is 22.8 Å². The summed E-state index contributed by atoms with van der Waals surface area (Å²) in [5, 5.41) is 2.38. The number of sulfonamides is 1. The third-order valence-corrected chi connectivity index (χ3v) is 6.67. The Bertz CT molecular complexity index is 1060. The minimum absolute atomic E-state index is 0.0771. The van der Waals surface area contributed by atoms with Gasteiger partial charge in [-0.05, 0) is 36.4 Å². The molecule has 2 aromatic rings. The van der Waals surface area contributed by atoms with Gasteiger partial charge < -0.3 is 14.8 Å². The van der Waals surface area contributed by atoms with E-state index < -0.39 is 40.8 Å². The van der Waals surface area contributed by atoms with Crippen molar-refractivity contribution in [1.29, 1.82) is 0 Å². The number of methoxy groups -OCH3 is 1. The van der Waals surface area contributed by atoms with Crippen molar-refractivity contribution in [2.45, 2.75) is 18.7 Å². The molecule has 1 amide bonds. The molecule has 2 aromatic carbocycles. The van der Waals surface area contributed by atoms with Gasteiger partial charge in [0.05, 0.1) is 12.0 Å². The minimum atomic E-state index is -3.62. The Morgan fingerprint density at radius 3 is 2.22 bits per heavy atom. The van der Waals surface area contributed by atoms with Gasteiger partial charge >= 0.3 is 5.97 Å². The van der Waals surface area contributed by atoms with Gasteiger partial charge in [0, 0.05) is 24.2 Å². The van der Waals surface area contributed by atoms with E-state index in [1.807, 2.05) is 0 Å². The van der Waals surface area contributed by atoms with Crippen LogP contribution >= 0.6 is 0 Å². The van der Waals surface area contributed by atoms with Crippen LogP contribution in [0.25, 0.3) is 0 Å². The van der Waals surface area contributed by atoms with Crippen LogP contribution in [0.3, 0.4) is 0 Å². The lowest BCUT2D eigenvalue weighted by Gasteiger charge is -2.18. The van der Waals surface area contributed by atoms with E-state index in [4.69, 9.17) is 9.47 Å². The number of carbonyl (C=O) groups is 3. The molecule has 10 heteroatoms. The molecule has 0 atom stereocenters. The Morgan fingerprint density at radius 2 is 1.62 bits per heavy atom. The Hall–Kier alpha value is -3.24. The molecule has 9 nitrogen and oxygen atoms in total. The normalized spacial score (nSPS) is 11.1. The van der Waals surface area contributed by atoms with Crippen LogP contribution in [-0.4, -0.2) is 63.7 Å². The lowest BCUT2D eigenvalue weighted by molar-refractivity contribution is -0.141. The van der Waals surface area contributed by atoms with Crippen LogP contribution in [0, 0.1) is 0 Å². The number of nitrogens with zero attached hydrogens (tertiary/aromatic N) is 1. The molecule has 0 saturated carbocycles. The summed E-state index contributed by atoms with van der Waals surface area (Å²) in [5.74, 6) is -1.26. The number of nitrogens with one attached hydrogen (secondary N) is 1. The smallest absolute Gasteiger partial charge is 0.325 e. The fourth-order valence-corrected chi connectivity index (χ4v) is 4.28. The van der Waals surface area contributed by atoms with Crippen molar-refractivity contribution in [2.75, 3.05) is 33.4 Å². The zero-order valence-corrected chi connectivity index (χ0v) is 19.0. The number of ether oxygens (including phenoxy) is 2. The molecule has 0 unspecified atom stereocenters. The molecular weight excluding hydrogens is 436 g/mol. The summed E-state index contributed by atoms with van der Waals surface area (Å²) in [7, 11) is -2.15. The number of amides is 1. The third kappa shape index (κ3) is 6.38. The molecule has 0 fully saturated rings. The predicted octanol–water partition coefficient (Wildman–Crippen LogP) is 1.88.